The Morgan fingerprint density at radius 1 is 1.57 bits per heavy atom. The number of aryl methyl sites for hydroxylation is 1. The molecule has 0 aliphatic carbocycles. The van der Waals surface area contributed by atoms with Crippen molar-refractivity contribution < 1.29 is 4.52 Å². The smallest absolute Gasteiger partial charge is 0.324 e. The van der Waals surface area contributed by atoms with Gasteiger partial charge in [-0.15, -0.1) is 0 Å². The van der Waals surface area contributed by atoms with Crippen molar-refractivity contribution in [3.63, 3.8) is 0 Å². The molecule has 0 radical (unpaired) electrons. The van der Waals surface area contributed by atoms with Gasteiger partial charge in [0.05, 0.1) is 0 Å². The minimum absolute atomic E-state index is 0.205. The topological polar surface area (TPSA) is 68.2 Å². The minimum Gasteiger partial charge on any atom is -0.326 e. The molecular formula is C9H16N4O. The normalized spacial score (nSPS) is 28.1. The second-order valence-corrected chi connectivity index (χ2v) is 4.00. The molecule has 0 saturated carbocycles. The summed E-state index contributed by atoms with van der Waals surface area (Å²) in [6, 6.07) is 0.806. The van der Waals surface area contributed by atoms with Crippen LogP contribution in [0.1, 0.15) is 19.2 Å². The molecule has 5 nitrogen and oxygen atoms in total. The van der Waals surface area contributed by atoms with Gasteiger partial charge in [0.15, 0.2) is 5.82 Å². The van der Waals surface area contributed by atoms with Crippen LogP contribution in [0.15, 0.2) is 4.52 Å². The minimum atomic E-state index is 0.205. The van der Waals surface area contributed by atoms with E-state index in [0.29, 0.717) is 17.8 Å². The molecule has 78 valence electrons. The summed E-state index contributed by atoms with van der Waals surface area (Å²) < 4.78 is 5.10. The Hall–Kier alpha value is -1.10. The number of hydrogen-bond acceptors (Lipinski definition) is 5. The van der Waals surface area contributed by atoms with Crippen LogP contribution in [0, 0.1) is 12.8 Å². The van der Waals surface area contributed by atoms with E-state index in [1.807, 2.05) is 6.92 Å². The van der Waals surface area contributed by atoms with E-state index in [-0.39, 0.29) is 6.04 Å². The summed E-state index contributed by atoms with van der Waals surface area (Å²) in [6.07, 6.45) is 1.09. The van der Waals surface area contributed by atoms with Gasteiger partial charge in [-0.05, 0) is 19.3 Å². The van der Waals surface area contributed by atoms with Gasteiger partial charge in [0.25, 0.3) is 0 Å². The summed E-state index contributed by atoms with van der Waals surface area (Å²) in [6.45, 7) is 5.76. The largest absolute Gasteiger partial charge is 0.326 e. The number of piperidine rings is 1. The Kier molecular flexibility index (Phi) is 2.41. The zero-order valence-electron chi connectivity index (χ0n) is 8.60. The van der Waals surface area contributed by atoms with E-state index >= 15 is 0 Å². The molecule has 0 amide bonds. The van der Waals surface area contributed by atoms with Crippen molar-refractivity contribution in [3.05, 3.63) is 5.82 Å². The van der Waals surface area contributed by atoms with E-state index in [1.54, 1.807) is 0 Å². The van der Waals surface area contributed by atoms with Crippen molar-refractivity contribution in [1.29, 1.82) is 0 Å². The fourth-order valence-electron chi connectivity index (χ4n) is 1.69. The van der Waals surface area contributed by atoms with Crippen molar-refractivity contribution in [3.8, 4) is 0 Å². The van der Waals surface area contributed by atoms with Crippen molar-refractivity contribution >= 4 is 6.01 Å². The molecule has 1 aliphatic rings. The van der Waals surface area contributed by atoms with Gasteiger partial charge >= 0.3 is 6.01 Å². The predicted molar refractivity (Wildman–Crippen MR) is 53.0 cm³/mol. The zero-order chi connectivity index (χ0) is 10.1. The van der Waals surface area contributed by atoms with Crippen molar-refractivity contribution in [2.75, 3.05) is 18.0 Å². The van der Waals surface area contributed by atoms with Crippen LogP contribution in [-0.2, 0) is 0 Å². The number of rotatable bonds is 1. The first-order chi connectivity index (χ1) is 6.66. The van der Waals surface area contributed by atoms with Crippen LogP contribution in [-0.4, -0.2) is 29.3 Å². The van der Waals surface area contributed by atoms with Crippen molar-refractivity contribution in [2.45, 2.75) is 26.3 Å². The van der Waals surface area contributed by atoms with Gasteiger partial charge in [-0.2, -0.15) is 4.98 Å². The number of aromatic nitrogens is 2. The molecule has 1 fully saturated rings. The second kappa shape index (κ2) is 3.57. The van der Waals surface area contributed by atoms with Crippen LogP contribution in [0.4, 0.5) is 6.01 Å². The number of anilines is 1. The fourth-order valence-corrected chi connectivity index (χ4v) is 1.69. The first-order valence-electron chi connectivity index (χ1n) is 4.97. The quantitative estimate of drug-likeness (QED) is 0.710. The predicted octanol–water partition coefficient (Wildman–Crippen LogP) is 0.552. The van der Waals surface area contributed by atoms with Crippen LogP contribution < -0.4 is 10.6 Å². The standard InChI is InChI=1S/C9H16N4O/c1-6-3-4-13(5-8(6)10)9-11-7(2)12-14-9/h6,8H,3-5,10H2,1-2H3. The van der Waals surface area contributed by atoms with E-state index in [4.69, 9.17) is 10.3 Å². The Bertz CT molecular complexity index is 312. The zero-order valence-corrected chi connectivity index (χ0v) is 8.60. The first-order valence-corrected chi connectivity index (χ1v) is 4.97. The SMILES string of the molecule is Cc1noc(N2CCC(C)C(N)C2)n1. The van der Waals surface area contributed by atoms with E-state index in [2.05, 4.69) is 22.0 Å². The van der Waals surface area contributed by atoms with Gasteiger partial charge in [-0.1, -0.05) is 12.1 Å². The summed E-state index contributed by atoms with van der Waals surface area (Å²) >= 11 is 0. The highest BCUT2D eigenvalue weighted by Crippen LogP contribution is 2.20. The lowest BCUT2D eigenvalue weighted by Crippen LogP contribution is -2.47. The molecule has 5 heteroatoms. The first kappa shape index (κ1) is 9.45. The number of hydrogen-bond donors (Lipinski definition) is 1. The maximum absolute atomic E-state index is 5.98. The van der Waals surface area contributed by atoms with Crippen LogP contribution in [0.5, 0.6) is 0 Å². The van der Waals surface area contributed by atoms with E-state index in [0.717, 1.165) is 19.5 Å². The average Bonchev–Trinajstić information content (AvgIpc) is 2.57. The molecule has 0 bridgehead atoms. The molecule has 1 aliphatic heterocycles. The lowest BCUT2D eigenvalue weighted by molar-refractivity contribution is 0.345. The number of nitrogens with zero attached hydrogens (tertiary/aromatic N) is 3. The van der Waals surface area contributed by atoms with Gasteiger partial charge in [0, 0.05) is 19.1 Å². The Balaban J connectivity index is 2.06. The third-order valence-electron chi connectivity index (χ3n) is 2.80. The Morgan fingerprint density at radius 2 is 2.36 bits per heavy atom. The Morgan fingerprint density at radius 3 is 2.93 bits per heavy atom. The Labute approximate surface area is 83.3 Å². The second-order valence-electron chi connectivity index (χ2n) is 4.00. The van der Waals surface area contributed by atoms with Crippen molar-refractivity contribution in [2.24, 2.45) is 11.7 Å². The van der Waals surface area contributed by atoms with Crippen LogP contribution in [0.3, 0.4) is 0 Å². The highest BCUT2D eigenvalue weighted by Gasteiger charge is 2.25. The third kappa shape index (κ3) is 1.72. The summed E-state index contributed by atoms with van der Waals surface area (Å²) in [5.41, 5.74) is 5.98. The van der Waals surface area contributed by atoms with Crippen LogP contribution >= 0.6 is 0 Å². The van der Waals surface area contributed by atoms with E-state index < -0.39 is 0 Å². The van der Waals surface area contributed by atoms with Gasteiger partial charge in [-0.3, -0.25) is 0 Å². The lowest BCUT2D eigenvalue weighted by Gasteiger charge is -2.33. The maximum atomic E-state index is 5.98. The molecule has 0 spiro atoms. The van der Waals surface area contributed by atoms with E-state index in [9.17, 15) is 0 Å². The highest BCUT2D eigenvalue weighted by molar-refractivity contribution is 5.26. The fraction of sp³-hybridized carbons (Fsp3) is 0.778. The van der Waals surface area contributed by atoms with Crippen LogP contribution in [0.2, 0.25) is 0 Å². The molecule has 2 heterocycles. The molecular weight excluding hydrogens is 180 g/mol. The third-order valence-corrected chi connectivity index (χ3v) is 2.80. The lowest BCUT2D eigenvalue weighted by atomic mass is 9.95. The van der Waals surface area contributed by atoms with Gasteiger partial charge in [0.2, 0.25) is 0 Å². The summed E-state index contributed by atoms with van der Waals surface area (Å²) in [5.74, 6) is 1.25. The van der Waals surface area contributed by atoms with Gasteiger partial charge in [-0.25, -0.2) is 0 Å². The summed E-state index contributed by atoms with van der Waals surface area (Å²) in [4.78, 5) is 6.25. The molecule has 2 N–H and O–H groups in total. The molecule has 1 saturated heterocycles. The molecule has 0 aromatic carbocycles. The molecule has 1 aromatic rings. The number of nitrogens with two attached hydrogens (primary N) is 1. The molecule has 14 heavy (non-hydrogen) atoms. The summed E-state index contributed by atoms with van der Waals surface area (Å²) in [7, 11) is 0. The molecule has 2 atom stereocenters. The van der Waals surface area contributed by atoms with Gasteiger partial charge in [0.1, 0.15) is 0 Å². The molecule has 2 rings (SSSR count). The molecule has 1 aromatic heterocycles. The van der Waals surface area contributed by atoms with Crippen molar-refractivity contribution in [1.82, 2.24) is 10.1 Å². The molecule has 2 unspecified atom stereocenters. The monoisotopic (exact) mass is 196 g/mol. The summed E-state index contributed by atoms with van der Waals surface area (Å²) in [5, 5.41) is 3.77. The van der Waals surface area contributed by atoms with Gasteiger partial charge < -0.3 is 15.2 Å². The van der Waals surface area contributed by atoms with Crippen LogP contribution in [0.25, 0.3) is 0 Å². The maximum Gasteiger partial charge on any atom is 0.324 e. The highest BCUT2D eigenvalue weighted by atomic mass is 16.5. The average molecular weight is 196 g/mol. The van der Waals surface area contributed by atoms with E-state index in [1.165, 1.54) is 0 Å².